The Hall–Kier alpha value is -3.69. The number of nitrogens with one attached hydrogen (secondary N) is 1. The molecule has 1 aliphatic rings. The fourth-order valence-electron chi connectivity index (χ4n) is 3.49. The Morgan fingerprint density at radius 1 is 1.19 bits per heavy atom. The van der Waals surface area contributed by atoms with Crippen molar-refractivity contribution in [2.75, 3.05) is 18.0 Å². The number of pyridine rings is 1. The summed E-state index contributed by atoms with van der Waals surface area (Å²) in [6.45, 7) is 5.78. The van der Waals surface area contributed by atoms with Crippen molar-refractivity contribution in [3.05, 3.63) is 64.5 Å². The minimum atomic E-state index is -0.679. The van der Waals surface area contributed by atoms with Crippen LogP contribution in [0.4, 0.5) is 16.2 Å². The zero-order valence-electron chi connectivity index (χ0n) is 18.2. The van der Waals surface area contributed by atoms with Crippen molar-refractivity contribution in [2.24, 2.45) is 0 Å². The highest BCUT2D eigenvalue weighted by Gasteiger charge is 2.34. The second-order valence-electron chi connectivity index (χ2n) is 8.50. The van der Waals surface area contributed by atoms with Crippen LogP contribution >= 0.6 is 0 Å². The fraction of sp³-hybridized carbons (Fsp3) is 0.409. The van der Waals surface area contributed by atoms with E-state index in [2.05, 4.69) is 10.3 Å². The Morgan fingerprint density at radius 2 is 1.91 bits per heavy atom. The van der Waals surface area contributed by atoms with Crippen LogP contribution in [0.5, 0.6) is 0 Å². The molecule has 1 aliphatic heterocycles. The molecule has 0 aliphatic carbocycles. The van der Waals surface area contributed by atoms with E-state index < -0.39 is 34.7 Å². The predicted octanol–water partition coefficient (Wildman–Crippen LogP) is 3.32. The van der Waals surface area contributed by atoms with E-state index >= 15 is 0 Å². The van der Waals surface area contributed by atoms with Crippen molar-refractivity contribution in [2.45, 2.75) is 44.9 Å². The third kappa shape index (κ3) is 6.16. The van der Waals surface area contributed by atoms with Gasteiger partial charge in [0.05, 0.1) is 23.1 Å². The number of hydrogen-bond acceptors (Lipinski definition) is 8. The molecule has 1 saturated heterocycles. The Morgan fingerprint density at radius 3 is 2.56 bits per heavy atom. The van der Waals surface area contributed by atoms with Gasteiger partial charge in [0.25, 0.3) is 0 Å². The smallest absolute Gasteiger partial charge is 0.407 e. The number of hydrogen-bond donors (Lipinski definition) is 1. The molecule has 2 unspecified atom stereocenters. The molecule has 2 aromatic rings. The number of carbonyl (C=O) groups excluding carboxylic acids is 2. The van der Waals surface area contributed by atoms with Crippen LogP contribution in [-0.2, 0) is 9.47 Å². The third-order valence-electron chi connectivity index (χ3n) is 4.73. The molecule has 0 radical (unpaired) electrons. The summed E-state index contributed by atoms with van der Waals surface area (Å²) in [5, 5.41) is 14.3. The molecule has 1 aromatic heterocycles. The third-order valence-corrected chi connectivity index (χ3v) is 4.73. The number of benzene rings is 1. The summed E-state index contributed by atoms with van der Waals surface area (Å²) in [6.07, 6.45) is 1.75. The van der Waals surface area contributed by atoms with E-state index in [-0.39, 0.29) is 18.8 Å². The summed E-state index contributed by atoms with van der Waals surface area (Å²) in [5.74, 6) is -0.502. The zero-order valence-corrected chi connectivity index (χ0v) is 18.2. The average Bonchev–Trinajstić information content (AvgIpc) is 2.72. The van der Waals surface area contributed by atoms with E-state index in [0.717, 1.165) is 0 Å². The number of nitro groups is 1. The van der Waals surface area contributed by atoms with Gasteiger partial charge in [-0.3, -0.25) is 15.1 Å². The zero-order chi connectivity index (χ0) is 23.3. The van der Waals surface area contributed by atoms with E-state index in [0.29, 0.717) is 17.7 Å². The number of piperidine rings is 1. The second-order valence-corrected chi connectivity index (χ2v) is 8.50. The Bertz CT molecular complexity index is 976. The maximum Gasteiger partial charge on any atom is 0.407 e. The Kier molecular flexibility index (Phi) is 6.92. The second kappa shape index (κ2) is 9.63. The van der Waals surface area contributed by atoms with Gasteiger partial charge in [0.1, 0.15) is 23.6 Å². The molecule has 1 fully saturated rings. The lowest BCUT2D eigenvalue weighted by atomic mass is 10.0. The van der Waals surface area contributed by atoms with Gasteiger partial charge in [-0.25, -0.2) is 9.59 Å². The van der Waals surface area contributed by atoms with Crippen molar-refractivity contribution < 1.29 is 24.0 Å². The summed E-state index contributed by atoms with van der Waals surface area (Å²) in [6, 6.07) is 9.63. The summed E-state index contributed by atoms with van der Waals surface area (Å²) in [4.78, 5) is 41.4. The number of carbonyl (C=O) groups is 2. The molecule has 170 valence electrons. The molecule has 0 spiro atoms. The van der Waals surface area contributed by atoms with Gasteiger partial charge in [-0.2, -0.15) is 0 Å². The number of alkyl carbamates (subject to hydrolysis) is 1. The lowest BCUT2D eigenvalue weighted by Crippen LogP contribution is -2.54. The summed E-state index contributed by atoms with van der Waals surface area (Å²) in [7, 11) is 0. The van der Waals surface area contributed by atoms with Crippen LogP contribution in [0, 0.1) is 10.1 Å². The van der Waals surface area contributed by atoms with E-state index in [1.807, 2.05) is 0 Å². The van der Waals surface area contributed by atoms with Gasteiger partial charge < -0.3 is 19.7 Å². The molecule has 1 aromatic carbocycles. The highest BCUT2D eigenvalue weighted by Crippen LogP contribution is 2.30. The highest BCUT2D eigenvalue weighted by atomic mass is 16.6. The van der Waals surface area contributed by atoms with E-state index in [4.69, 9.17) is 9.47 Å². The Labute approximate surface area is 185 Å². The topological polar surface area (TPSA) is 124 Å². The van der Waals surface area contributed by atoms with Gasteiger partial charge in [-0.05, 0) is 39.0 Å². The SMILES string of the molecule is CC(C)(C)OC(=O)NC1CC(OC(=O)c2ccccc2)CN(c2ccncc2[N+](=O)[O-])C1. The predicted molar refractivity (Wildman–Crippen MR) is 117 cm³/mol. The first-order chi connectivity index (χ1) is 15.1. The van der Waals surface area contributed by atoms with E-state index in [1.54, 1.807) is 56.0 Å². The molecular weight excluding hydrogens is 416 g/mol. The van der Waals surface area contributed by atoms with Crippen LogP contribution in [0.25, 0.3) is 0 Å². The van der Waals surface area contributed by atoms with Crippen molar-refractivity contribution in [3.8, 4) is 0 Å². The average molecular weight is 442 g/mol. The van der Waals surface area contributed by atoms with E-state index in [9.17, 15) is 19.7 Å². The van der Waals surface area contributed by atoms with Crippen molar-refractivity contribution in [1.29, 1.82) is 0 Å². The highest BCUT2D eigenvalue weighted by molar-refractivity contribution is 5.89. The summed E-state index contributed by atoms with van der Waals surface area (Å²) in [5.41, 5.74) is -0.113. The number of ether oxygens (including phenoxy) is 2. The molecule has 1 N–H and O–H groups in total. The molecule has 3 rings (SSSR count). The Balaban J connectivity index is 1.81. The maximum absolute atomic E-state index is 12.6. The molecule has 2 heterocycles. The molecule has 0 bridgehead atoms. The number of aromatic nitrogens is 1. The number of amides is 1. The van der Waals surface area contributed by atoms with Crippen LogP contribution in [0.1, 0.15) is 37.6 Å². The lowest BCUT2D eigenvalue weighted by molar-refractivity contribution is -0.384. The molecule has 2 atom stereocenters. The minimum Gasteiger partial charge on any atom is -0.457 e. The van der Waals surface area contributed by atoms with Crippen LogP contribution in [-0.4, -0.2) is 52.8 Å². The van der Waals surface area contributed by atoms with Gasteiger partial charge in [0.2, 0.25) is 0 Å². The number of nitrogens with zero attached hydrogens (tertiary/aromatic N) is 3. The van der Waals surface area contributed by atoms with Crippen LogP contribution in [0.15, 0.2) is 48.8 Å². The van der Waals surface area contributed by atoms with Gasteiger partial charge in [0.15, 0.2) is 0 Å². The minimum absolute atomic E-state index is 0.168. The van der Waals surface area contributed by atoms with Crippen molar-refractivity contribution >= 4 is 23.4 Å². The standard InChI is InChI=1S/C22H26N4O6/c1-22(2,3)32-21(28)24-16-11-17(31-20(27)15-7-5-4-6-8-15)14-25(13-16)18-9-10-23-12-19(18)26(29)30/h4-10,12,16-17H,11,13-14H2,1-3H3,(H,24,28). The number of esters is 1. The van der Waals surface area contributed by atoms with Gasteiger partial charge in [-0.1, -0.05) is 18.2 Å². The molecule has 10 heteroatoms. The van der Waals surface area contributed by atoms with E-state index in [1.165, 1.54) is 18.5 Å². The quantitative estimate of drug-likeness (QED) is 0.425. The normalized spacial score (nSPS) is 18.5. The molecule has 32 heavy (non-hydrogen) atoms. The number of rotatable bonds is 5. The van der Waals surface area contributed by atoms with Crippen LogP contribution in [0.2, 0.25) is 0 Å². The van der Waals surface area contributed by atoms with Crippen LogP contribution in [0.3, 0.4) is 0 Å². The van der Waals surface area contributed by atoms with Gasteiger partial charge >= 0.3 is 17.7 Å². The lowest BCUT2D eigenvalue weighted by Gasteiger charge is -2.38. The number of anilines is 1. The van der Waals surface area contributed by atoms with Crippen LogP contribution < -0.4 is 10.2 Å². The summed E-state index contributed by atoms with van der Waals surface area (Å²) >= 11 is 0. The summed E-state index contributed by atoms with van der Waals surface area (Å²) < 4.78 is 11.0. The molecule has 1 amide bonds. The maximum atomic E-state index is 12.6. The molecule has 10 nitrogen and oxygen atoms in total. The molecule has 0 saturated carbocycles. The first-order valence-electron chi connectivity index (χ1n) is 10.2. The van der Waals surface area contributed by atoms with Crippen molar-refractivity contribution in [1.82, 2.24) is 10.3 Å². The van der Waals surface area contributed by atoms with Gasteiger partial charge in [-0.15, -0.1) is 0 Å². The first kappa shape index (κ1) is 23.0. The molecular formula is C22H26N4O6. The van der Waals surface area contributed by atoms with Crippen molar-refractivity contribution in [3.63, 3.8) is 0 Å². The largest absolute Gasteiger partial charge is 0.457 e. The fourth-order valence-corrected chi connectivity index (χ4v) is 3.49. The van der Waals surface area contributed by atoms with Gasteiger partial charge in [0, 0.05) is 19.2 Å². The first-order valence-corrected chi connectivity index (χ1v) is 10.2. The monoisotopic (exact) mass is 442 g/mol.